The summed E-state index contributed by atoms with van der Waals surface area (Å²) >= 11 is 3.13. The van der Waals surface area contributed by atoms with Gasteiger partial charge in [-0.3, -0.25) is 4.79 Å². The summed E-state index contributed by atoms with van der Waals surface area (Å²) in [7, 11) is 0. The van der Waals surface area contributed by atoms with Gasteiger partial charge in [-0.25, -0.2) is 9.18 Å². The lowest BCUT2D eigenvalue weighted by Gasteiger charge is -2.06. The summed E-state index contributed by atoms with van der Waals surface area (Å²) in [5, 5.41) is 10.5. The number of anilines is 1. The zero-order valence-electron chi connectivity index (χ0n) is 8.57. The molecule has 0 radical (unpaired) electrons. The third kappa shape index (κ3) is 4.92. The summed E-state index contributed by atoms with van der Waals surface area (Å²) in [6.07, 6.45) is 0. The van der Waals surface area contributed by atoms with Crippen LogP contribution in [0.2, 0.25) is 0 Å². The minimum Gasteiger partial charge on any atom is -0.480 e. The van der Waals surface area contributed by atoms with Crippen LogP contribution in [0.15, 0.2) is 22.7 Å². The Morgan fingerprint density at radius 2 is 2.12 bits per heavy atom. The lowest BCUT2D eigenvalue weighted by atomic mass is 10.3. The van der Waals surface area contributed by atoms with E-state index in [1.54, 1.807) is 0 Å². The number of hydrogen-bond acceptors (Lipinski definition) is 3. The summed E-state index contributed by atoms with van der Waals surface area (Å²) in [5.41, 5.74) is 0.00306. The predicted octanol–water partition coefficient (Wildman–Crippen LogP) is 1.63. The molecule has 7 heteroatoms. The highest BCUT2D eigenvalue weighted by Gasteiger charge is 2.08. The van der Waals surface area contributed by atoms with Crippen LogP contribution in [-0.2, 0) is 14.3 Å². The molecular weight excluding hydrogens is 297 g/mol. The predicted molar refractivity (Wildman–Crippen MR) is 61.2 cm³/mol. The second kappa shape index (κ2) is 6.31. The standard InChI is InChI=1S/C10H9BrFNO4/c11-6-1-2-7(12)8(3-6)13-9(14)4-17-5-10(15)16/h1-3H,4-5H2,(H,13,14)(H,15,16). The molecule has 0 saturated carbocycles. The second-order valence-electron chi connectivity index (χ2n) is 3.06. The highest BCUT2D eigenvalue weighted by Crippen LogP contribution is 2.19. The smallest absolute Gasteiger partial charge is 0.329 e. The monoisotopic (exact) mass is 305 g/mol. The summed E-state index contributed by atoms with van der Waals surface area (Å²) in [6.45, 7) is -1.02. The van der Waals surface area contributed by atoms with E-state index in [9.17, 15) is 14.0 Å². The summed E-state index contributed by atoms with van der Waals surface area (Å²) in [4.78, 5) is 21.4. The minimum absolute atomic E-state index is 0.00306. The number of carbonyl (C=O) groups is 2. The molecule has 92 valence electrons. The first-order valence-corrected chi connectivity index (χ1v) is 5.33. The van der Waals surface area contributed by atoms with Crippen molar-refractivity contribution >= 4 is 33.5 Å². The van der Waals surface area contributed by atoms with Crippen LogP contribution in [0.3, 0.4) is 0 Å². The van der Waals surface area contributed by atoms with Crippen molar-refractivity contribution in [3.8, 4) is 0 Å². The van der Waals surface area contributed by atoms with Crippen LogP contribution in [-0.4, -0.2) is 30.2 Å². The van der Waals surface area contributed by atoms with Gasteiger partial charge in [0.15, 0.2) is 0 Å². The molecule has 0 aliphatic heterocycles. The van der Waals surface area contributed by atoms with Crippen LogP contribution in [0.5, 0.6) is 0 Å². The van der Waals surface area contributed by atoms with Crippen molar-refractivity contribution in [3.05, 3.63) is 28.5 Å². The molecule has 0 fully saturated rings. The van der Waals surface area contributed by atoms with Crippen molar-refractivity contribution in [1.29, 1.82) is 0 Å². The van der Waals surface area contributed by atoms with E-state index in [1.807, 2.05) is 0 Å². The first-order chi connectivity index (χ1) is 7.99. The molecule has 0 aliphatic carbocycles. The molecule has 0 saturated heterocycles. The first kappa shape index (κ1) is 13.6. The van der Waals surface area contributed by atoms with Crippen LogP contribution in [0, 0.1) is 5.82 Å². The highest BCUT2D eigenvalue weighted by molar-refractivity contribution is 9.10. The van der Waals surface area contributed by atoms with Gasteiger partial charge < -0.3 is 15.2 Å². The van der Waals surface area contributed by atoms with Crippen LogP contribution in [0.1, 0.15) is 0 Å². The Hall–Kier alpha value is -1.47. The van der Waals surface area contributed by atoms with Crippen LogP contribution < -0.4 is 5.32 Å². The Morgan fingerprint density at radius 3 is 2.76 bits per heavy atom. The molecule has 0 spiro atoms. The van der Waals surface area contributed by atoms with Gasteiger partial charge in [0.25, 0.3) is 0 Å². The molecular formula is C10H9BrFNO4. The van der Waals surface area contributed by atoms with Crippen LogP contribution in [0.4, 0.5) is 10.1 Å². The van der Waals surface area contributed by atoms with E-state index in [0.717, 1.165) is 0 Å². The van der Waals surface area contributed by atoms with Crippen LogP contribution in [0.25, 0.3) is 0 Å². The molecule has 0 heterocycles. The minimum atomic E-state index is -1.17. The van der Waals surface area contributed by atoms with Crippen molar-refractivity contribution in [2.75, 3.05) is 18.5 Å². The number of carboxylic acids is 1. The molecule has 0 aromatic heterocycles. The van der Waals surface area contributed by atoms with Crippen LogP contribution >= 0.6 is 15.9 Å². The first-order valence-electron chi connectivity index (χ1n) is 4.53. The maximum absolute atomic E-state index is 13.2. The lowest BCUT2D eigenvalue weighted by molar-refractivity contribution is -0.143. The van der Waals surface area contributed by atoms with Gasteiger partial charge in [-0.15, -0.1) is 0 Å². The van der Waals surface area contributed by atoms with Crippen molar-refractivity contribution < 1.29 is 23.8 Å². The Balaban J connectivity index is 2.50. The summed E-state index contributed by atoms with van der Waals surface area (Å²) in [6, 6.07) is 4.08. The molecule has 1 aromatic carbocycles. The van der Waals surface area contributed by atoms with E-state index in [4.69, 9.17) is 5.11 Å². The fourth-order valence-electron chi connectivity index (χ4n) is 1.01. The van der Waals surface area contributed by atoms with Crippen molar-refractivity contribution in [2.24, 2.45) is 0 Å². The van der Waals surface area contributed by atoms with Gasteiger partial charge >= 0.3 is 5.97 Å². The average molecular weight is 306 g/mol. The Morgan fingerprint density at radius 1 is 1.41 bits per heavy atom. The Bertz CT molecular complexity index is 438. The summed E-state index contributed by atoms with van der Waals surface area (Å²) in [5.74, 6) is -2.38. The molecule has 0 bridgehead atoms. The fraction of sp³-hybridized carbons (Fsp3) is 0.200. The van der Waals surface area contributed by atoms with E-state index in [1.165, 1.54) is 18.2 Å². The van der Waals surface area contributed by atoms with E-state index in [-0.39, 0.29) is 5.69 Å². The van der Waals surface area contributed by atoms with Gasteiger partial charge in [0.2, 0.25) is 5.91 Å². The number of halogens is 2. The molecule has 1 rings (SSSR count). The SMILES string of the molecule is O=C(O)COCC(=O)Nc1cc(Br)ccc1F. The molecule has 5 nitrogen and oxygen atoms in total. The Labute approximate surface area is 105 Å². The topological polar surface area (TPSA) is 75.6 Å². The van der Waals surface area contributed by atoms with E-state index < -0.39 is 30.9 Å². The second-order valence-corrected chi connectivity index (χ2v) is 3.97. The third-order valence-corrected chi connectivity index (χ3v) is 2.15. The number of nitrogens with one attached hydrogen (secondary N) is 1. The molecule has 2 N–H and O–H groups in total. The number of carboxylic acid groups (broad SMARTS) is 1. The lowest BCUT2D eigenvalue weighted by Crippen LogP contribution is -2.21. The maximum Gasteiger partial charge on any atom is 0.329 e. The van der Waals surface area contributed by atoms with E-state index >= 15 is 0 Å². The summed E-state index contributed by atoms with van der Waals surface area (Å²) < 4.78 is 18.4. The molecule has 17 heavy (non-hydrogen) atoms. The zero-order valence-corrected chi connectivity index (χ0v) is 10.2. The quantitative estimate of drug-likeness (QED) is 0.867. The van der Waals surface area contributed by atoms with Gasteiger partial charge in [-0.05, 0) is 18.2 Å². The van der Waals surface area contributed by atoms with Crippen molar-refractivity contribution in [2.45, 2.75) is 0 Å². The number of carbonyl (C=O) groups excluding carboxylic acids is 1. The van der Waals surface area contributed by atoms with E-state index in [2.05, 4.69) is 26.0 Å². The molecule has 0 atom stereocenters. The molecule has 0 aliphatic rings. The van der Waals surface area contributed by atoms with Gasteiger partial charge in [0, 0.05) is 4.47 Å². The van der Waals surface area contributed by atoms with Gasteiger partial charge in [0.1, 0.15) is 19.0 Å². The van der Waals surface area contributed by atoms with Gasteiger partial charge in [0.05, 0.1) is 5.69 Å². The number of rotatable bonds is 5. The highest BCUT2D eigenvalue weighted by atomic mass is 79.9. The zero-order chi connectivity index (χ0) is 12.8. The van der Waals surface area contributed by atoms with Gasteiger partial charge in [-0.1, -0.05) is 15.9 Å². The number of ether oxygens (including phenoxy) is 1. The third-order valence-electron chi connectivity index (χ3n) is 1.66. The van der Waals surface area contributed by atoms with Gasteiger partial charge in [-0.2, -0.15) is 0 Å². The maximum atomic E-state index is 13.2. The van der Waals surface area contributed by atoms with Crippen molar-refractivity contribution in [3.63, 3.8) is 0 Å². The van der Waals surface area contributed by atoms with E-state index in [0.29, 0.717) is 4.47 Å². The Kier molecular flexibility index (Phi) is 5.05. The molecule has 1 amide bonds. The van der Waals surface area contributed by atoms with Crippen molar-refractivity contribution in [1.82, 2.24) is 0 Å². The largest absolute Gasteiger partial charge is 0.480 e. The fourth-order valence-corrected chi connectivity index (χ4v) is 1.37. The normalized spacial score (nSPS) is 10.0. The molecule has 1 aromatic rings. The number of hydrogen-bond donors (Lipinski definition) is 2. The number of benzene rings is 1. The molecule has 0 unspecified atom stereocenters. The average Bonchev–Trinajstić information content (AvgIpc) is 2.23. The number of amides is 1. The number of aliphatic carboxylic acids is 1.